The maximum Gasteiger partial charge on any atom is 0.299 e. The summed E-state index contributed by atoms with van der Waals surface area (Å²) < 4.78 is 24.7. The van der Waals surface area contributed by atoms with Crippen molar-refractivity contribution in [1.82, 2.24) is 0 Å². The maximum absolute atomic E-state index is 10.1. The molecule has 1 N–H and O–H groups in total. The summed E-state index contributed by atoms with van der Waals surface area (Å²) in [5.74, 6) is 0.324. The highest BCUT2D eigenvalue weighted by Crippen LogP contribution is 2.14. The molecule has 4 nitrogen and oxygen atoms in total. The Labute approximate surface area is 72.3 Å². The van der Waals surface area contributed by atoms with Crippen LogP contribution in [0.25, 0.3) is 0 Å². The van der Waals surface area contributed by atoms with Gasteiger partial charge in [0.1, 0.15) is 5.75 Å². The summed E-state index contributed by atoms with van der Waals surface area (Å²) in [6.07, 6.45) is 0. The van der Waals surface area contributed by atoms with Crippen LogP contribution in [-0.2, 0) is 11.0 Å². The van der Waals surface area contributed by atoms with Crippen LogP contribution in [0.15, 0.2) is 24.3 Å². The number of benzene rings is 1. The molecule has 0 saturated heterocycles. The Morgan fingerprint density at radius 1 is 1.25 bits per heavy atom. The van der Waals surface area contributed by atoms with E-state index in [0.29, 0.717) is 5.75 Å². The SMILES string of the molecule is CNc1ccc(O[SH](=O)=O)cc1. The largest absolute Gasteiger partial charge is 0.388 e. The second-order valence-electron chi connectivity index (χ2n) is 2.09. The van der Waals surface area contributed by atoms with Gasteiger partial charge in [-0.3, -0.25) is 0 Å². The molecule has 0 radical (unpaired) electrons. The number of nitrogens with one attached hydrogen (secondary N) is 1. The van der Waals surface area contributed by atoms with Crippen molar-refractivity contribution < 1.29 is 12.6 Å². The van der Waals surface area contributed by atoms with Crippen LogP contribution >= 0.6 is 0 Å². The fraction of sp³-hybridized carbons (Fsp3) is 0.143. The number of hydrogen-bond donors (Lipinski definition) is 2. The summed E-state index contributed by atoms with van der Waals surface area (Å²) in [5, 5.41) is 2.90. The van der Waals surface area contributed by atoms with E-state index in [1.54, 1.807) is 31.3 Å². The molecule has 1 rings (SSSR count). The highest BCUT2D eigenvalue weighted by atomic mass is 32.2. The first kappa shape index (κ1) is 8.86. The van der Waals surface area contributed by atoms with Crippen molar-refractivity contribution in [1.29, 1.82) is 0 Å². The monoisotopic (exact) mass is 187 g/mol. The number of thiol groups is 1. The van der Waals surface area contributed by atoms with Crippen LogP contribution in [0.1, 0.15) is 0 Å². The predicted molar refractivity (Wildman–Crippen MR) is 46.9 cm³/mol. The van der Waals surface area contributed by atoms with Crippen LogP contribution in [0, 0.1) is 0 Å². The van der Waals surface area contributed by atoms with Crippen LogP contribution < -0.4 is 9.50 Å². The van der Waals surface area contributed by atoms with Crippen LogP contribution in [0.4, 0.5) is 5.69 Å². The van der Waals surface area contributed by atoms with Crippen LogP contribution in [-0.4, -0.2) is 15.5 Å². The molecule has 0 atom stereocenters. The van der Waals surface area contributed by atoms with Crippen LogP contribution in [0.5, 0.6) is 5.75 Å². The third-order valence-electron chi connectivity index (χ3n) is 1.32. The number of hydrogen-bond acceptors (Lipinski definition) is 4. The Balaban J connectivity index is 2.77. The van der Waals surface area contributed by atoms with E-state index in [1.165, 1.54) is 0 Å². The molecule has 0 aliphatic heterocycles. The van der Waals surface area contributed by atoms with Gasteiger partial charge in [0.25, 0.3) is 11.0 Å². The summed E-state index contributed by atoms with van der Waals surface area (Å²) in [4.78, 5) is 0. The summed E-state index contributed by atoms with van der Waals surface area (Å²) in [5.41, 5.74) is 0.906. The number of rotatable bonds is 3. The minimum atomic E-state index is -2.81. The summed E-state index contributed by atoms with van der Waals surface area (Å²) >= 11 is 0. The van der Waals surface area contributed by atoms with E-state index in [1.807, 2.05) is 0 Å². The van der Waals surface area contributed by atoms with Gasteiger partial charge in [-0.2, -0.15) is 8.42 Å². The second-order valence-corrected chi connectivity index (χ2v) is 2.72. The zero-order valence-electron chi connectivity index (χ0n) is 6.48. The van der Waals surface area contributed by atoms with Gasteiger partial charge in [-0.25, -0.2) is 0 Å². The van der Waals surface area contributed by atoms with Crippen LogP contribution in [0.2, 0.25) is 0 Å². The third kappa shape index (κ3) is 2.43. The van der Waals surface area contributed by atoms with Gasteiger partial charge < -0.3 is 9.50 Å². The average Bonchev–Trinajstić information content (AvgIpc) is 2.05. The fourth-order valence-electron chi connectivity index (χ4n) is 0.769. The molecule has 0 amide bonds. The first-order chi connectivity index (χ1) is 5.72. The molecule has 1 aromatic carbocycles. The molecule has 12 heavy (non-hydrogen) atoms. The number of anilines is 1. The normalized spacial score (nSPS) is 9.83. The zero-order chi connectivity index (χ0) is 8.97. The molecule has 0 aliphatic rings. The Morgan fingerprint density at radius 3 is 2.25 bits per heavy atom. The third-order valence-corrected chi connectivity index (χ3v) is 1.68. The summed E-state index contributed by atoms with van der Waals surface area (Å²) in [6, 6.07) is 6.62. The Hall–Kier alpha value is -1.23. The molecule has 1 aromatic rings. The Kier molecular flexibility index (Phi) is 2.93. The van der Waals surface area contributed by atoms with Crippen molar-refractivity contribution in [3.8, 4) is 5.75 Å². The van der Waals surface area contributed by atoms with Crippen molar-refractivity contribution in [2.24, 2.45) is 0 Å². The molecule has 5 heteroatoms. The lowest BCUT2D eigenvalue weighted by molar-refractivity contribution is 0.511. The topological polar surface area (TPSA) is 55.4 Å². The Morgan fingerprint density at radius 2 is 1.83 bits per heavy atom. The quantitative estimate of drug-likeness (QED) is 0.681. The lowest BCUT2D eigenvalue weighted by atomic mass is 10.3. The fourth-order valence-corrected chi connectivity index (χ4v) is 1.06. The molecule has 0 aliphatic carbocycles. The molecule has 0 heterocycles. The van der Waals surface area contributed by atoms with Crippen molar-refractivity contribution in [2.45, 2.75) is 0 Å². The van der Waals surface area contributed by atoms with E-state index in [2.05, 4.69) is 9.50 Å². The highest BCUT2D eigenvalue weighted by molar-refractivity contribution is 7.67. The lowest BCUT2D eigenvalue weighted by Crippen LogP contribution is -1.91. The van der Waals surface area contributed by atoms with E-state index in [4.69, 9.17) is 0 Å². The molecular weight excluding hydrogens is 178 g/mol. The maximum atomic E-state index is 10.1. The molecule has 0 fully saturated rings. The average molecular weight is 187 g/mol. The van der Waals surface area contributed by atoms with Gasteiger partial charge >= 0.3 is 0 Å². The molecule has 66 valence electrons. The smallest absolute Gasteiger partial charge is 0.299 e. The molecule has 0 aromatic heterocycles. The van der Waals surface area contributed by atoms with E-state index in [0.717, 1.165) is 5.69 Å². The first-order valence-corrected chi connectivity index (χ1v) is 4.42. The van der Waals surface area contributed by atoms with Gasteiger partial charge in [-0.1, -0.05) is 0 Å². The molecular formula is C7H9NO3S. The van der Waals surface area contributed by atoms with Crippen molar-refractivity contribution in [3.05, 3.63) is 24.3 Å². The molecule has 0 bridgehead atoms. The first-order valence-electron chi connectivity index (χ1n) is 3.32. The molecule has 0 spiro atoms. The second kappa shape index (κ2) is 3.96. The molecule has 0 saturated carbocycles. The summed E-state index contributed by atoms with van der Waals surface area (Å²) in [7, 11) is -1.03. The highest BCUT2D eigenvalue weighted by Gasteiger charge is 1.93. The summed E-state index contributed by atoms with van der Waals surface area (Å²) in [6.45, 7) is 0. The van der Waals surface area contributed by atoms with Crippen molar-refractivity contribution in [3.63, 3.8) is 0 Å². The van der Waals surface area contributed by atoms with E-state index >= 15 is 0 Å². The van der Waals surface area contributed by atoms with E-state index in [-0.39, 0.29) is 0 Å². The minimum Gasteiger partial charge on any atom is -0.388 e. The lowest BCUT2D eigenvalue weighted by Gasteiger charge is -2.00. The van der Waals surface area contributed by atoms with Gasteiger partial charge in [-0.05, 0) is 24.3 Å². The molecule has 0 unspecified atom stereocenters. The van der Waals surface area contributed by atoms with Crippen molar-refractivity contribution >= 4 is 16.7 Å². The minimum absolute atomic E-state index is 0.324. The van der Waals surface area contributed by atoms with Gasteiger partial charge in [0.05, 0.1) is 0 Å². The Bertz CT molecular complexity index is 310. The zero-order valence-corrected chi connectivity index (χ0v) is 7.38. The van der Waals surface area contributed by atoms with Crippen LogP contribution in [0.3, 0.4) is 0 Å². The van der Waals surface area contributed by atoms with Crippen molar-refractivity contribution in [2.75, 3.05) is 12.4 Å². The standard InChI is InChI=1S/C7H9NO3S/c1-8-6-2-4-7(5-3-6)11-12(9)10/h2-5,8,12H,1H3. The van der Waals surface area contributed by atoms with Gasteiger partial charge in [-0.15, -0.1) is 0 Å². The van der Waals surface area contributed by atoms with Gasteiger partial charge in [0.15, 0.2) is 0 Å². The van der Waals surface area contributed by atoms with E-state index < -0.39 is 11.0 Å². The predicted octanol–water partition coefficient (Wildman–Crippen LogP) is 0.633. The van der Waals surface area contributed by atoms with E-state index in [9.17, 15) is 8.42 Å². The van der Waals surface area contributed by atoms with Gasteiger partial charge in [0.2, 0.25) is 0 Å². The van der Waals surface area contributed by atoms with Gasteiger partial charge in [0, 0.05) is 12.7 Å².